The summed E-state index contributed by atoms with van der Waals surface area (Å²) in [6.07, 6.45) is 1.17. The van der Waals surface area contributed by atoms with E-state index in [1.807, 2.05) is 12.1 Å². The van der Waals surface area contributed by atoms with Crippen molar-refractivity contribution < 1.29 is 24.1 Å². The van der Waals surface area contributed by atoms with Gasteiger partial charge >= 0.3 is 6.09 Å². The van der Waals surface area contributed by atoms with Gasteiger partial charge in [0.15, 0.2) is 0 Å². The van der Waals surface area contributed by atoms with Crippen molar-refractivity contribution >= 4 is 57.1 Å². The first kappa shape index (κ1) is 26.4. The second kappa shape index (κ2) is 11.9. The zero-order chi connectivity index (χ0) is 23.3. The van der Waals surface area contributed by atoms with E-state index in [4.69, 9.17) is 25.8 Å². The van der Waals surface area contributed by atoms with Crippen molar-refractivity contribution in [1.29, 1.82) is 0 Å². The van der Waals surface area contributed by atoms with Gasteiger partial charge in [0, 0.05) is 37.6 Å². The van der Waals surface area contributed by atoms with Crippen LogP contribution in [0.3, 0.4) is 0 Å². The van der Waals surface area contributed by atoms with E-state index >= 15 is 0 Å². The molecule has 0 unspecified atom stereocenters. The normalized spacial score (nSPS) is 10.4. The third-order valence-corrected chi connectivity index (χ3v) is 5.30. The van der Waals surface area contributed by atoms with Crippen LogP contribution in [-0.2, 0) is 17.7 Å². The number of hydrogen-bond donors (Lipinski definition) is 2. The Bertz CT molecular complexity index is 1130. The number of hydrogen-bond acceptors (Lipinski definition) is 8. The molecule has 0 bridgehead atoms. The maximum Gasteiger partial charge on any atom is 0.413 e. The average molecular weight is 542 g/mol. The minimum atomic E-state index is -0.558. The standard InChI is InChI=1S/C22H25ClN4O5.BrH/c1-27(22(29)32-4)17-10-15-19(14(7-8-28)20(17)31-3)25-12-26-21(15)24-11-13-5-6-18(30-2)16(23)9-13;/h5-6,9-10,12,28H,7-8,11H2,1-4H3,(H,24,25,26);1H. The lowest BCUT2D eigenvalue weighted by Crippen LogP contribution is -2.26. The van der Waals surface area contributed by atoms with Crippen LogP contribution in [0.15, 0.2) is 30.6 Å². The Hall–Kier alpha value is -2.82. The molecule has 2 N–H and O–H groups in total. The van der Waals surface area contributed by atoms with Gasteiger partial charge in [0.25, 0.3) is 0 Å². The lowest BCUT2D eigenvalue weighted by molar-refractivity contribution is 0.180. The second-order valence-electron chi connectivity index (χ2n) is 6.85. The number of aliphatic hydroxyl groups excluding tert-OH is 1. The van der Waals surface area contributed by atoms with E-state index < -0.39 is 6.09 Å². The quantitative estimate of drug-likeness (QED) is 0.436. The first-order chi connectivity index (χ1) is 15.4. The van der Waals surface area contributed by atoms with Gasteiger partial charge in [-0.25, -0.2) is 14.8 Å². The molecule has 1 amide bonds. The van der Waals surface area contributed by atoms with E-state index in [1.54, 1.807) is 26.3 Å². The molecule has 0 aliphatic heterocycles. The van der Waals surface area contributed by atoms with Gasteiger partial charge in [0.1, 0.15) is 23.6 Å². The molecule has 0 spiro atoms. The number of ether oxygens (including phenoxy) is 3. The number of amides is 1. The number of anilines is 2. The Labute approximate surface area is 207 Å². The predicted octanol–water partition coefficient (Wildman–Crippen LogP) is 4.23. The molecule has 0 atom stereocenters. The third-order valence-electron chi connectivity index (χ3n) is 5.01. The fourth-order valence-electron chi connectivity index (χ4n) is 3.44. The van der Waals surface area contributed by atoms with Crippen LogP contribution in [0.5, 0.6) is 11.5 Å². The minimum absolute atomic E-state index is 0. The SMILES string of the molecule is Br.COC(=O)N(C)c1cc2c(NCc3ccc(OC)c(Cl)c3)ncnc2c(CCO)c1OC. The van der Waals surface area contributed by atoms with Crippen LogP contribution >= 0.6 is 28.6 Å². The number of methoxy groups -OCH3 is 3. The van der Waals surface area contributed by atoms with Gasteiger partial charge in [-0.15, -0.1) is 17.0 Å². The molecule has 1 heterocycles. The zero-order valence-corrected chi connectivity index (χ0v) is 21.2. The van der Waals surface area contributed by atoms with Crippen LogP contribution in [0.1, 0.15) is 11.1 Å². The Balaban J connectivity index is 0.00000385. The van der Waals surface area contributed by atoms with Gasteiger partial charge in [-0.3, -0.25) is 4.90 Å². The van der Waals surface area contributed by atoms with Gasteiger partial charge in [0.05, 0.1) is 37.6 Å². The summed E-state index contributed by atoms with van der Waals surface area (Å²) in [5, 5.41) is 14.1. The van der Waals surface area contributed by atoms with Gasteiger partial charge in [0.2, 0.25) is 0 Å². The Morgan fingerprint density at radius 1 is 1.18 bits per heavy atom. The van der Waals surface area contributed by atoms with E-state index in [9.17, 15) is 9.90 Å². The molecule has 3 rings (SSSR count). The summed E-state index contributed by atoms with van der Waals surface area (Å²) in [5.41, 5.74) is 2.68. The molecule has 178 valence electrons. The van der Waals surface area contributed by atoms with Crippen molar-refractivity contribution in [2.45, 2.75) is 13.0 Å². The molecule has 0 fully saturated rings. The van der Waals surface area contributed by atoms with Gasteiger partial charge in [-0.2, -0.15) is 0 Å². The van der Waals surface area contributed by atoms with Crippen LogP contribution in [0.2, 0.25) is 5.02 Å². The number of rotatable bonds is 8. The summed E-state index contributed by atoms with van der Waals surface area (Å²) in [6, 6.07) is 7.27. The number of aromatic nitrogens is 2. The molecule has 9 nitrogen and oxygen atoms in total. The van der Waals surface area contributed by atoms with E-state index in [0.717, 1.165) is 5.56 Å². The summed E-state index contributed by atoms with van der Waals surface area (Å²) < 4.78 is 15.6. The van der Waals surface area contributed by atoms with Crippen molar-refractivity contribution in [3.05, 3.63) is 46.7 Å². The monoisotopic (exact) mass is 540 g/mol. The number of aliphatic hydroxyl groups is 1. The first-order valence-corrected chi connectivity index (χ1v) is 10.2. The van der Waals surface area contributed by atoms with Crippen LogP contribution < -0.4 is 19.7 Å². The van der Waals surface area contributed by atoms with Crippen molar-refractivity contribution in [3.8, 4) is 11.5 Å². The van der Waals surface area contributed by atoms with Crippen LogP contribution in [0, 0.1) is 0 Å². The molecule has 0 aliphatic carbocycles. The largest absolute Gasteiger partial charge is 0.495 e. The molecular formula is C22H26BrClN4O5. The number of nitrogens with one attached hydrogen (secondary N) is 1. The fraction of sp³-hybridized carbons (Fsp3) is 0.318. The summed E-state index contributed by atoms with van der Waals surface area (Å²) in [6.45, 7) is 0.327. The summed E-state index contributed by atoms with van der Waals surface area (Å²) in [4.78, 5) is 22.3. The van der Waals surface area contributed by atoms with Gasteiger partial charge < -0.3 is 24.6 Å². The first-order valence-electron chi connectivity index (χ1n) is 9.78. The number of carbonyl (C=O) groups is 1. The van der Waals surface area contributed by atoms with E-state index in [0.29, 0.717) is 51.0 Å². The Morgan fingerprint density at radius 2 is 1.94 bits per heavy atom. The lowest BCUT2D eigenvalue weighted by Gasteiger charge is -2.22. The highest BCUT2D eigenvalue weighted by Gasteiger charge is 2.23. The number of halogens is 2. The molecule has 33 heavy (non-hydrogen) atoms. The Morgan fingerprint density at radius 3 is 2.55 bits per heavy atom. The maximum atomic E-state index is 12.2. The molecule has 0 aliphatic rings. The number of nitrogens with zero attached hydrogens (tertiary/aromatic N) is 3. The van der Waals surface area contributed by atoms with Crippen molar-refractivity contribution in [3.63, 3.8) is 0 Å². The topological polar surface area (TPSA) is 106 Å². The van der Waals surface area contributed by atoms with Crippen molar-refractivity contribution in [2.24, 2.45) is 0 Å². The summed E-state index contributed by atoms with van der Waals surface area (Å²) >= 11 is 6.23. The number of benzene rings is 2. The molecule has 0 saturated heterocycles. The van der Waals surface area contributed by atoms with Crippen LogP contribution in [-0.4, -0.2) is 56.2 Å². The summed E-state index contributed by atoms with van der Waals surface area (Å²) in [7, 11) is 5.95. The highest BCUT2D eigenvalue weighted by molar-refractivity contribution is 8.93. The predicted molar refractivity (Wildman–Crippen MR) is 133 cm³/mol. The zero-order valence-electron chi connectivity index (χ0n) is 18.7. The highest BCUT2D eigenvalue weighted by Crippen LogP contribution is 2.39. The molecule has 11 heteroatoms. The maximum absolute atomic E-state index is 12.2. The highest BCUT2D eigenvalue weighted by atomic mass is 79.9. The minimum Gasteiger partial charge on any atom is -0.495 e. The fourth-order valence-corrected chi connectivity index (χ4v) is 3.72. The van der Waals surface area contributed by atoms with E-state index in [2.05, 4.69) is 15.3 Å². The molecule has 2 aromatic carbocycles. The second-order valence-corrected chi connectivity index (χ2v) is 7.26. The lowest BCUT2D eigenvalue weighted by atomic mass is 10.0. The van der Waals surface area contributed by atoms with Crippen LogP contribution in [0.25, 0.3) is 10.9 Å². The third kappa shape index (κ3) is 5.58. The smallest absolute Gasteiger partial charge is 0.413 e. The summed E-state index contributed by atoms with van der Waals surface area (Å²) in [5.74, 6) is 1.59. The molecular weight excluding hydrogens is 516 g/mol. The van der Waals surface area contributed by atoms with Crippen molar-refractivity contribution in [1.82, 2.24) is 9.97 Å². The van der Waals surface area contributed by atoms with Crippen molar-refractivity contribution in [2.75, 3.05) is 45.2 Å². The van der Waals surface area contributed by atoms with Gasteiger partial charge in [-0.05, 0) is 23.8 Å². The molecule has 0 radical (unpaired) electrons. The molecule has 3 aromatic rings. The number of carbonyl (C=O) groups excluding carboxylic acids is 1. The van der Waals surface area contributed by atoms with Crippen LogP contribution in [0.4, 0.5) is 16.3 Å². The van der Waals surface area contributed by atoms with Gasteiger partial charge in [-0.1, -0.05) is 17.7 Å². The average Bonchev–Trinajstić information content (AvgIpc) is 2.81. The van der Waals surface area contributed by atoms with E-state index in [1.165, 1.54) is 25.4 Å². The molecule has 0 saturated carbocycles. The Kier molecular flexibility index (Phi) is 9.51. The molecule has 1 aromatic heterocycles. The van der Waals surface area contributed by atoms with E-state index in [-0.39, 0.29) is 30.0 Å². The number of fused-ring (bicyclic) bond motifs is 1.